The van der Waals surface area contributed by atoms with Crippen LogP contribution in [-0.2, 0) is 9.63 Å². The number of nitrogens with zero attached hydrogens (tertiary/aromatic N) is 1. The molecule has 0 aliphatic heterocycles. The van der Waals surface area contributed by atoms with Crippen LogP contribution in [0.4, 0.5) is 10.1 Å². The molecule has 1 unspecified atom stereocenters. The Kier molecular flexibility index (Phi) is 5.95. The number of carbonyl (C=O) groups is 1. The monoisotopic (exact) mass is 334 g/mol. The molecule has 0 amide bonds. The Labute approximate surface area is 141 Å². The van der Waals surface area contributed by atoms with Crippen LogP contribution in [0.3, 0.4) is 0 Å². The van der Waals surface area contributed by atoms with Gasteiger partial charge in [0, 0.05) is 24.4 Å². The highest BCUT2D eigenvalue weighted by Crippen LogP contribution is 2.36. The minimum absolute atomic E-state index is 0.0648. The van der Waals surface area contributed by atoms with E-state index in [1.54, 1.807) is 6.92 Å². The maximum Gasteiger partial charge on any atom is 0.168 e. The van der Waals surface area contributed by atoms with Crippen molar-refractivity contribution in [3.63, 3.8) is 0 Å². The largest absolute Gasteiger partial charge is 0.511 e. The fourth-order valence-electron chi connectivity index (χ4n) is 2.91. The molecule has 0 fully saturated rings. The van der Waals surface area contributed by atoms with E-state index >= 15 is 0 Å². The number of halogens is 1. The number of nitrogens with two attached hydrogens (primary N) is 1. The van der Waals surface area contributed by atoms with Gasteiger partial charge in [0.25, 0.3) is 0 Å². The van der Waals surface area contributed by atoms with Crippen molar-refractivity contribution in [3.8, 4) is 0 Å². The Morgan fingerprint density at radius 1 is 1.42 bits per heavy atom. The number of nitrogen functional groups attached to an aromatic ring is 1. The van der Waals surface area contributed by atoms with Crippen molar-refractivity contribution in [2.45, 2.75) is 45.4 Å². The molecule has 1 aromatic carbocycles. The minimum Gasteiger partial charge on any atom is -0.511 e. The lowest BCUT2D eigenvalue weighted by atomic mass is 9.80. The highest BCUT2D eigenvalue weighted by Gasteiger charge is 2.32. The molecule has 0 heterocycles. The van der Waals surface area contributed by atoms with Crippen molar-refractivity contribution < 1.29 is 19.1 Å². The molecule has 0 bridgehead atoms. The van der Waals surface area contributed by atoms with E-state index in [9.17, 15) is 14.3 Å². The van der Waals surface area contributed by atoms with E-state index in [4.69, 9.17) is 10.6 Å². The molecule has 0 radical (unpaired) electrons. The van der Waals surface area contributed by atoms with E-state index in [1.807, 2.05) is 6.92 Å². The van der Waals surface area contributed by atoms with Crippen LogP contribution in [0.15, 0.2) is 34.7 Å². The lowest BCUT2D eigenvalue weighted by Gasteiger charge is -2.24. The predicted molar refractivity (Wildman–Crippen MR) is 91.4 cm³/mol. The average molecular weight is 334 g/mol. The van der Waals surface area contributed by atoms with Crippen LogP contribution < -0.4 is 5.73 Å². The molecule has 1 aliphatic carbocycles. The van der Waals surface area contributed by atoms with Crippen molar-refractivity contribution in [3.05, 3.63) is 40.9 Å². The third-order valence-electron chi connectivity index (χ3n) is 3.98. The van der Waals surface area contributed by atoms with E-state index in [0.717, 1.165) is 6.42 Å². The second-order valence-electron chi connectivity index (χ2n) is 5.84. The number of ketones is 1. The topological polar surface area (TPSA) is 84.9 Å². The van der Waals surface area contributed by atoms with Gasteiger partial charge in [-0.15, -0.1) is 0 Å². The molecule has 0 aromatic heterocycles. The van der Waals surface area contributed by atoms with Gasteiger partial charge in [-0.05, 0) is 37.1 Å². The fourth-order valence-corrected chi connectivity index (χ4v) is 2.91. The fraction of sp³-hybridized carbons (Fsp3) is 0.444. The number of anilines is 1. The average Bonchev–Trinajstić information content (AvgIpc) is 2.54. The number of rotatable bonds is 6. The molecule has 1 aromatic rings. The second-order valence-corrected chi connectivity index (χ2v) is 5.84. The Morgan fingerprint density at radius 2 is 2.17 bits per heavy atom. The molecule has 130 valence electrons. The molecule has 1 atom stereocenters. The molecule has 5 nitrogen and oxygen atoms in total. The maximum atomic E-state index is 14.0. The first kappa shape index (κ1) is 18.0. The summed E-state index contributed by atoms with van der Waals surface area (Å²) < 4.78 is 14.0. The zero-order valence-electron chi connectivity index (χ0n) is 14.0. The second kappa shape index (κ2) is 7.95. The van der Waals surface area contributed by atoms with Gasteiger partial charge in [0.15, 0.2) is 5.78 Å². The number of aliphatic hydroxyl groups excluding tert-OH is 1. The molecule has 6 heteroatoms. The summed E-state index contributed by atoms with van der Waals surface area (Å²) in [7, 11) is 0. The summed E-state index contributed by atoms with van der Waals surface area (Å²) in [5.74, 6) is -1.17. The van der Waals surface area contributed by atoms with Gasteiger partial charge < -0.3 is 15.7 Å². The number of oxime groups is 1. The molecule has 3 N–H and O–H groups in total. The number of allylic oxidation sites excluding steroid dienone is 2. The van der Waals surface area contributed by atoms with E-state index in [0.29, 0.717) is 30.0 Å². The van der Waals surface area contributed by atoms with Crippen LogP contribution in [-0.4, -0.2) is 23.2 Å². The summed E-state index contributed by atoms with van der Waals surface area (Å²) in [6.07, 6.45) is 1.58. The summed E-state index contributed by atoms with van der Waals surface area (Å²) in [4.78, 5) is 17.6. The summed E-state index contributed by atoms with van der Waals surface area (Å²) >= 11 is 0. The first-order chi connectivity index (χ1) is 11.5. The first-order valence-electron chi connectivity index (χ1n) is 8.17. The molecule has 0 spiro atoms. The number of aliphatic hydroxyl groups is 1. The van der Waals surface area contributed by atoms with Gasteiger partial charge >= 0.3 is 0 Å². The molecule has 0 saturated carbocycles. The molecular weight excluding hydrogens is 311 g/mol. The zero-order chi connectivity index (χ0) is 17.7. The van der Waals surface area contributed by atoms with Crippen LogP contribution in [0, 0.1) is 5.82 Å². The lowest BCUT2D eigenvalue weighted by molar-refractivity contribution is -0.116. The quantitative estimate of drug-likeness (QED) is 0.470. The van der Waals surface area contributed by atoms with Crippen molar-refractivity contribution in [1.82, 2.24) is 0 Å². The molecular formula is C18H23FN2O3. The molecule has 1 aliphatic rings. The summed E-state index contributed by atoms with van der Waals surface area (Å²) in [6, 6.07) is 4.27. The predicted octanol–water partition coefficient (Wildman–Crippen LogP) is 3.86. The Bertz CT molecular complexity index is 683. The number of benzene rings is 1. The van der Waals surface area contributed by atoms with Crippen molar-refractivity contribution in [2.75, 3.05) is 12.3 Å². The van der Waals surface area contributed by atoms with E-state index in [-0.39, 0.29) is 30.0 Å². The zero-order valence-corrected chi connectivity index (χ0v) is 14.0. The third-order valence-corrected chi connectivity index (χ3v) is 3.98. The third kappa shape index (κ3) is 3.93. The normalized spacial score (nSPS) is 18.9. The van der Waals surface area contributed by atoms with Crippen LogP contribution in [0.25, 0.3) is 0 Å². The number of hydrogen-bond acceptors (Lipinski definition) is 5. The van der Waals surface area contributed by atoms with Crippen LogP contribution in [0.1, 0.15) is 51.0 Å². The molecule has 2 rings (SSSR count). The van der Waals surface area contributed by atoms with Crippen molar-refractivity contribution in [1.29, 1.82) is 0 Å². The van der Waals surface area contributed by atoms with Crippen LogP contribution >= 0.6 is 0 Å². The number of carbonyl (C=O) groups excluding carboxylic acids is 1. The first-order valence-corrected chi connectivity index (χ1v) is 8.17. The minimum atomic E-state index is -0.431. The summed E-state index contributed by atoms with van der Waals surface area (Å²) in [6.45, 7) is 4.13. The summed E-state index contributed by atoms with van der Waals surface area (Å²) in [5, 5.41) is 14.4. The highest BCUT2D eigenvalue weighted by atomic mass is 19.1. The van der Waals surface area contributed by atoms with Gasteiger partial charge in [-0.1, -0.05) is 18.5 Å². The van der Waals surface area contributed by atoms with Crippen LogP contribution in [0.5, 0.6) is 0 Å². The van der Waals surface area contributed by atoms with Gasteiger partial charge in [0.1, 0.15) is 18.2 Å². The maximum absolute atomic E-state index is 14.0. The van der Waals surface area contributed by atoms with Crippen molar-refractivity contribution in [2.24, 2.45) is 5.16 Å². The Balaban J connectivity index is 2.34. The van der Waals surface area contributed by atoms with E-state index in [2.05, 4.69) is 5.16 Å². The number of Topliss-reactive ketones (excluding diaryl/α,β-unsaturated/α-hetero) is 1. The van der Waals surface area contributed by atoms with Crippen LogP contribution in [0.2, 0.25) is 0 Å². The van der Waals surface area contributed by atoms with Gasteiger partial charge in [0.05, 0.1) is 11.3 Å². The standard InChI is InChI=1S/C18H23FN2O3/c1-3-5-15(21-24-4-2)18-16(22)8-11(9-17(18)23)13-10-12(20)6-7-14(13)19/h6-7,10-11,22H,3-5,8-9,20H2,1-2H3/b21-15+. The number of hydrogen-bond donors (Lipinski definition) is 2. The Hall–Kier alpha value is -2.37. The summed E-state index contributed by atoms with van der Waals surface area (Å²) in [5.41, 5.74) is 7.16. The van der Waals surface area contributed by atoms with Gasteiger partial charge in [-0.3, -0.25) is 4.79 Å². The highest BCUT2D eigenvalue weighted by molar-refractivity contribution is 6.23. The SMILES string of the molecule is CCC/C(=N\OCC)C1=C(O)CC(c2cc(N)ccc2F)CC1=O. The van der Waals surface area contributed by atoms with Gasteiger partial charge in [0.2, 0.25) is 0 Å². The van der Waals surface area contributed by atoms with Gasteiger partial charge in [-0.2, -0.15) is 0 Å². The van der Waals surface area contributed by atoms with E-state index in [1.165, 1.54) is 18.2 Å². The molecule has 0 saturated heterocycles. The lowest BCUT2D eigenvalue weighted by Crippen LogP contribution is -2.24. The van der Waals surface area contributed by atoms with Gasteiger partial charge in [-0.25, -0.2) is 4.39 Å². The van der Waals surface area contributed by atoms with E-state index < -0.39 is 11.7 Å². The van der Waals surface area contributed by atoms with Crippen molar-refractivity contribution >= 4 is 17.2 Å². The smallest absolute Gasteiger partial charge is 0.168 e. The molecule has 24 heavy (non-hydrogen) atoms. The Morgan fingerprint density at radius 3 is 2.79 bits per heavy atom.